The van der Waals surface area contributed by atoms with Crippen LogP contribution in [0.1, 0.15) is 37.2 Å². The number of carbonyl (C=O) groups is 1. The second kappa shape index (κ2) is 6.94. The Morgan fingerprint density at radius 2 is 2.13 bits per heavy atom. The van der Waals surface area contributed by atoms with Gasteiger partial charge in [0.15, 0.2) is 0 Å². The molecule has 1 atom stereocenters. The molecule has 0 aromatic carbocycles. The van der Waals surface area contributed by atoms with Gasteiger partial charge < -0.3 is 9.47 Å². The Hall–Kier alpha value is -2.17. The van der Waals surface area contributed by atoms with Crippen molar-refractivity contribution in [3.8, 4) is 0 Å². The van der Waals surface area contributed by atoms with Gasteiger partial charge in [-0.25, -0.2) is 4.98 Å². The molecule has 0 N–H and O–H groups in total. The minimum atomic E-state index is -0.174. The molecular formula is C18H24N4O. The van der Waals surface area contributed by atoms with Gasteiger partial charge in [0.05, 0.1) is 0 Å². The van der Waals surface area contributed by atoms with Gasteiger partial charge in [0, 0.05) is 37.9 Å². The van der Waals surface area contributed by atoms with Crippen LogP contribution in [0, 0.1) is 12.8 Å². The summed E-state index contributed by atoms with van der Waals surface area (Å²) in [6.07, 6.45) is 10.6. The second-order valence-corrected chi connectivity index (χ2v) is 6.39. The van der Waals surface area contributed by atoms with Crippen LogP contribution >= 0.6 is 0 Å². The lowest BCUT2D eigenvalue weighted by Gasteiger charge is -2.34. The summed E-state index contributed by atoms with van der Waals surface area (Å²) in [6, 6.07) is 3.95. The van der Waals surface area contributed by atoms with Gasteiger partial charge in [0.2, 0.25) is 5.91 Å². The smallest absolute Gasteiger partial charge is 0.245 e. The molecule has 1 unspecified atom stereocenters. The van der Waals surface area contributed by atoms with Crippen LogP contribution in [0.4, 0.5) is 0 Å². The molecule has 5 nitrogen and oxygen atoms in total. The van der Waals surface area contributed by atoms with Crippen molar-refractivity contribution in [3.63, 3.8) is 0 Å². The molecule has 0 bridgehead atoms. The van der Waals surface area contributed by atoms with Crippen molar-refractivity contribution in [1.29, 1.82) is 0 Å². The summed E-state index contributed by atoms with van der Waals surface area (Å²) in [5, 5.41) is 0. The molecule has 2 aromatic rings. The number of likely N-dealkylation sites (tertiary alicyclic amines) is 1. The first kappa shape index (κ1) is 15.7. The van der Waals surface area contributed by atoms with Gasteiger partial charge in [0.25, 0.3) is 0 Å². The predicted octanol–water partition coefficient (Wildman–Crippen LogP) is 2.63. The average Bonchev–Trinajstić information content (AvgIpc) is 3.01. The van der Waals surface area contributed by atoms with Crippen LogP contribution in [-0.4, -0.2) is 38.4 Å². The molecule has 5 heteroatoms. The molecule has 0 spiro atoms. The molecule has 0 radical (unpaired) electrons. The van der Waals surface area contributed by atoms with Crippen LogP contribution in [0.15, 0.2) is 36.9 Å². The number of carbonyl (C=O) groups excluding carboxylic acids is 1. The Balaban J connectivity index is 1.54. The van der Waals surface area contributed by atoms with Crippen molar-refractivity contribution < 1.29 is 4.79 Å². The van der Waals surface area contributed by atoms with Crippen LogP contribution in [0.5, 0.6) is 0 Å². The van der Waals surface area contributed by atoms with E-state index in [1.165, 1.54) is 5.56 Å². The molecule has 3 heterocycles. The third-order valence-corrected chi connectivity index (χ3v) is 4.81. The minimum absolute atomic E-state index is 0.174. The van der Waals surface area contributed by atoms with E-state index in [1.54, 1.807) is 6.20 Å². The van der Waals surface area contributed by atoms with Crippen LogP contribution < -0.4 is 0 Å². The molecule has 1 amide bonds. The zero-order valence-electron chi connectivity index (χ0n) is 13.9. The van der Waals surface area contributed by atoms with Gasteiger partial charge in [-0.1, -0.05) is 6.07 Å². The third kappa shape index (κ3) is 3.60. The van der Waals surface area contributed by atoms with Crippen molar-refractivity contribution in [2.75, 3.05) is 13.1 Å². The number of nitrogens with zero attached hydrogens (tertiary/aromatic N) is 4. The van der Waals surface area contributed by atoms with Crippen LogP contribution in [-0.2, 0) is 11.2 Å². The standard InChI is InChI=1S/C18H24N4O/c1-14(22-11-8-20-15(22)2)18(23)21-9-5-16(6-10-21)12-17-4-3-7-19-13-17/h3-4,7-8,11,13-14,16H,5-6,9-10,12H2,1-2H3. The van der Waals surface area contributed by atoms with Crippen LogP contribution in [0.3, 0.4) is 0 Å². The number of aromatic nitrogens is 3. The molecule has 2 aromatic heterocycles. The first-order chi connectivity index (χ1) is 11.1. The van der Waals surface area contributed by atoms with E-state index in [0.29, 0.717) is 5.92 Å². The van der Waals surface area contributed by atoms with E-state index in [-0.39, 0.29) is 11.9 Å². The molecule has 23 heavy (non-hydrogen) atoms. The van der Waals surface area contributed by atoms with Gasteiger partial charge in [-0.15, -0.1) is 0 Å². The van der Waals surface area contributed by atoms with E-state index in [9.17, 15) is 4.79 Å². The maximum Gasteiger partial charge on any atom is 0.245 e. The predicted molar refractivity (Wildman–Crippen MR) is 88.9 cm³/mol. The first-order valence-electron chi connectivity index (χ1n) is 8.32. The Labute approximate surface area is 137 Å². The molecular weight excluding hydrogens is 288 g/mol. The Kier molecular flexibility index (Phi) is 4.74. The molecule has 1 saturated heterocycles. The van der Waals surface area contributed by atoms with Crippen LogP contribution in [0.2, 0.25) is 0 Å². The van der Waals surface area contributed by atoms with E-state index in [2.05, 4.69) is 16.0 Å². The lowest BCUT2D eigenvalue weighted by molar-refractivity contribution is -0.135. The van der Waals surface area contributed by atoms with Gasteiger partial charge in [0.1, 0.15) is 11.9 Å². The van der Waals surface area contributed by atoms with Gasteiger partial charge in [-0.3, -0.25) is 9.78 Å². The van der Waals surface area contributed by atoms with E-state index >= 15 is 0 Å². The fraction of sp³-hybridized carbons (Fsp3) is 0.500. The van der Waals surface area contributed by atoms with Crippen molar-refractivity contribution >= 4 is 5.91 Å². The van der Waals surface area contributed by atoms with E-state index in [0.717, 1.165) is 38.2 Å². The van der Waals surface area contributed by atoms with Crippen LogP contribution in [0.25, 0.3) is 0 Å². The molecule has 3 rings (SSSR count). The summed E-state index contributed by atoms with van der Waals surface area (Å²) in [5.74, 6) is 1.73. The zero-order valence-corrected chi connectivity index (χ0v) is 13.9. The third-order valence-electron chi connectivity index (χ3n) is 4.81. The summed E-state index contributed by atoms with van der Waals surface area (Å²) >= 11 is 0. The van der Waals surface area contributed by atoms with Crippen molar-refractivity contribution in [2.45, 2.75) is 39.2 Å². The molecule has 0 saturated carbocycles. The Bertz CT molecular complexity index is 644. The normalized spacial score (nSPS) is 17.2. The number of pyridine rings is 1. The van der Waals surface area contributed by atoms with Gasteiger partial charge >= 0.3 is 0 Å². The van der Waals surface area contributed by atoms with Crippen molar-refractivity contribution in [3.05, 3.63) is 48.3 Å². The highest BCUT2D eigenvalue weighted by molar-refractivity contribution is 5.80. The SMILES string of the molecule is Cc1nccn1C(C)C(=O)N1CCC(Cc2cccnc2)CC1. The van der Waals surface area contributed by atoms with E-state index < -0.39 is 0 Å². The summed E-state index contributed by atoms with van der Waals surface area (Å²) in [4.78, 5) is 23.1. The Morgan fingerprint density at radius 3 is 2.74 bits per heavy atom. The number of imidazole rings is 1. The topological polar surface area (TPSA) is 51.0 Å². The van der Waals surface area contributed by atoms with E-state index in [4.69, 9.17) is 0 Å². The summed E-state index contributed by atoms with van der Waals surface area (Å²) in [6.45, 7) is 5.59. The number of hydrogen-bond acceptors (Lipinski definition) is 3. The minimum Gasteiger partial charge on any atom is -0.341 e. The average molecular weight is 312 g/mol. The van der Waals surface area contributed by atoms with Crippen molar-refractivity contribution in [1.82, 2.24) is 19.4 Å². The number of hydrogen-bond donors (Lipinski definition) is 0. The van der Waals surface area contributed by atoms with Gasteiger partial charge in [-0.2, -0.15) is 0 Å². The first-order valence-corrected chi connectivity index (χ1v) is 8.32. The molecule has 122 valence electrons. The van der Waals surface area contributed by atoms with Gasteiger partial charge in [-0.05, 0) is 50.7 Å². The Morgan fingerprint density at radius 1 is 1.35 bits per heavy atom. The lowest BCUT2D eigenvalue weighted by atomic mass is 9.90. The fourth-order valence-corrected chi connectivity index (χ4v) is 3.39. The number of rotatable bonds is 4. The molecule has 1 aliphatic rings. The van der Waals surface area contributed by atoms with E-state index in [1.807, 2.05) is 48.0 Å². The zero-order chi connectivity index (χ0) is 16.2. The molecule has 0 aliphatic carbocycles. The highest BCUT2D eigenvalue weighted by atomic mass is 16.2. The molecule has 1 fully saturated rings. The lowest BCUT2D eigenvalue weighted by Crippen LogP contribution is -2.42. The number of aryl methyl sites for hydroxylation is 1. The highest BCUT2D eigenvalue weighted by Gasteiger charge is 2.27. The monoisotopic (exact) mass is 312 g/mol. The number of amides is 1. The number of piperidine rings is 1. The largest absolute Gasteiger partial charge is 0.341 e. The quantitative estimate of drug-likeness (QED) is 0.872. The maximum absolute atomic E-state index is 12.7. The molecule has 1 aliphatic heterocycles. The maximum atomic E-state index is 12.7. The second-order valence-electron chi connectivity index (χ2n) is 6.39. The van der Waals surface area contributed by atoms with Crippen molar-refractivity contribution in [2.24, 2.45) is 5.92 Å². The summed E-state index contributed by atoms with van der Waals surface area (Å²) in [7, 11) is 0. The fourth-order valence-electron chi connectivity index (χ4n) is 3.39. The summed E-state index contributed by atoms with van der Waals surface area (Å²) < 4.78 is 1.95. The summed E-state index contributed by atoms with van der Waals surface area (Å²) in [5.41, 5.74) is 1.29. The highest BCUT2D eigenvalue weighted by Crippen LogP contribution is 2.23.